The summed E-state index contributed by atoms with van der Waals surface area (Å²) in [5.74, 6) is 0. The Hall–Kier alpha value is -0.330. The third-order valence-electron chi connectivity index (χ3n) is 2.15. The highest BCUT2D eigenvalue weighted by Crippen LogP contribution is 2.19. The Kier molecular flexibility index (Phi) is 4.20. The van der Waals surface area contributed by atoms with E-state index in [0.717, 1.165) is 0 Å². The number of nitrogens with two attached hydrogens (primary N) is 1. The first-order valence-corrected chi connectivity index (χ1v) is 5.66. The van der Waals surface area contributed by atoms with Gasteiger partial charge in [-0.25, -0.2) is 4.18 Å². The molecular weight excluding hydrogens is 246 g/mol. The highest BCUT2D eigenvalue weighted by atomic mass is 32.3. The highest BCUT2D eigenvalue weighted by molar-refractivity contribution is 7.80. The maximum absolute atomic E-state index is 10.3. The minimum atomic E-state index is -4.68. The van der Waals surface area contributed by atoms with Gasteiger partial charge in [0.15, 0.2) is 6.29 Å². The lowest BCUT2D eigenvalue weighted by molar-refractivity contribution is -0.247. The molecule has 96 valence electrons. The quantitative estimate of drug-likeness (QED) is 0.325. The predicted octanol–water partition coefficient (Wildman–Crippen LogP) is -3.43. The fraction of sp³-hybridized carbons (Fsp3) is 1.00. The van der Waals surface area contributed by atoms with Crippen molar-refractivity contribution in [2.75, 3.05) is 6.61 Å². The van der Waals surface area contributed by atoms with Gasteiger partial charge in [0, 0.05) is 0 Å². The highest BCUT2D eigenvalue weighted by Gasteiger charge is 2.42. The van der Waals surface area contributed by atoms with Crippen LogP contribution in [0.3, 0.4) is 0 Å². The summed E-state index contributed by atoms with van der Waals surface area (Å²) < 4.78 is 37.4. The summed E-state index contributed by atoms with van der Waals surface area (Å²) in [7, 11) is -4.68. The molecule has 9 nitrogen and oxygen atoms in total. The van der Waals surface area contributed by atoms with Crippen molar-refractivity contribution in [1.29, 1.82) is 0 Å². The Labute approximate surface area is 91.3 Å². The van der Waals surface area contributed by atoms with E-state index in [1.807, 2.05) is 0 Å². The minimum Gasteiger partial charge on any atom is -0.388 e. The van der Waals surface area contributed by atoms with Crippen molar-refractivity contribution in [3.05, 3.63) is 0 Å². The fourth-order valence-corrected chi connectivity index (χ4v) is 1.56. The zero-order valence-electron chi connectivity index (χ0n) is 8.00. The molecule has 10 heteroatoms. The summed E-state index contributed by atoms with van der Waals surface area (Å²) in [6.45, 7) is -0.749. The molecule has 1 aliphatic rings. The molecule has 1 rings (SSSR count). The van der Waals surface area contributed by atoms with E-state index < -0.39 is 47.6 Å². The average molecular weight is 259 g/mol. The SMILES string of the molecule is N[C@@H]1[C@@H](O)[C@@H](O)[C@@H](COS(=O)(=O)O)O[C@H]1O. The maximum Gasteiger partial charge on any atom is 0.397 e. The van der Waals surface area contributed by atoms with E-state index in [0.29, 0.717) is 0 Å². The van der Waals surface area contributed by atoms with Crippen LogP contribution in [-0.2, 0) is 19.3 Å². The molecule has 0 unspecified atom stereocenters. The van der Waals surface area contributed by atoms with Crippen molar-refractivity contribution >= 4 is 10.4 Å². The van der Waals surface area contributed by atoms with Crippen molar-refractivity contribution in [3.8, 4) is 0 Å². The van der Waals surface area contributed by atoms with Crippen LogP contribution in [0.25, 0.3) is 0 Å². The Morgan fingerprint density at radius 3 is 2.31 bits per heavy atom. The molecule has 0 bridgehead atoms. The summed E-state index contributed by atoms with van der Waals surface area (Å²) in [5.41, 5.74) is 5.26. The van der Waals surface area contributed by atoms with Crippen molar-refractivity contribution < 1.29 is 37.2 Å². The molecule has 0 radical (unpaired) electrons. The number of hydrogen-bond donors (Lipinski definition) is 5. The van der Waals surface area contributed by atoms with Gasteiger partial charge in [0.1, 0.15) is 18.3 Å². The van der Waals surface area contributed by atoms with E-state index in [1.54, 1.807) is 0 Å². The van der Waals surface area contributed by atoms with Crippen LogP contribution in [0.1, 0.15) is 0 Å². The third kappa shape index (κ3) is 3.33. The second-order valence-corrected chi connectivity index (χ2v) is 4.43. The molecule has 16 heavy (non-hydrogen) atoms. The zero-order valence-corrected chi connectivity index (χ0v) is 8.82. The zero-order chi connectivity index (χ0) is 12.5. The molecule has 1 aliphatic heterocycles. The molecule has 0 aromatic carbocycles. The van der Waals surface area contributed by atoms with Gasteiger partial charge in [-0.1, -0.05) is 0 Å². The lowest BCUT2D eigenvalue weighted by Crippen LogP contribution is -2.62. The van der Waals surface area contributed by atoms with Gasteiger partial charge in [-0.15, -0.1) is 0 Å². The normalized spacial score (nSPS) is 40.9. The van der Waals surface area contributed by atoms with E-state index in [-0.39, 0.29) is 0 Å². The van der Waals surface area contributed by atoms with E-state index in [2.05, 4.69) is 4.18 Å². The molecule has 6 N–H and O–H groups in total. The second-order valence-electron chi connectivity index (χ2n) is 3.34. The van der Waals surface area contributed by atoms with E-state index in [1.165, 1.54) is 0 Å². The van der Waals surface area contributed by atoms with Crippen molar-refractivity contribution in [1.82, 2.24) is 0 Å². The summed E-state index contributed by atoms with van der Waals surface area (Å²) >= 11 is 0. The van der Waals surface area contributed by atoms with Gasteiger partial charge in [-0.05, 0) is 0 Å². The van der Waals surface area contributed by atoms with E-state index in [4.69, 9.17) is 15.0 Å². The summed E-state index contributed by atoms with van der Waals surface area (Å²) in [4.78, 5) is 0. The lowest BCUT2D eigenvalue weighted by atomic mass is 9.98. The maximum atomic E-state index is 10.3. The second kappa shape index (κ2) is 4.89. The van der Waals surface area contributed by atoms with Crippen LogP contribution in [0.2, 0.25) is 0 Å². The van der Waals surface area contributed by atoms with Crippen molar-refractivity contribution in [3.63, 3.8) is 0 Å². The third-order valence-corrected chi connectivity index (χ3v) is 2.58. The van der Waals surface area contributed by atoms with Crippen molar-refractivity contribution in [2.24, 2.45) is 5.73 Å². The summed E-state index contributed by atoms with van der Waals surface area (Å²) in [6, 6.07) is -1.21. The molecule has 5 atom stereocenters. The lowest BCUT2D eigenvalue weighted by Gasteiger charge is -2.38. The van der Waals surface area contributed by atoms with Gasteiger partial charge in [-0.3, -0.25) is 4.55 Å². The Morgan fingerprint density at radius 1 is 1.25 bits per heavy atom. The minimum absolute atomic E-state index is 0.749. The molecule has 0 saturated carbocycles. The predicted molar refractivity (Wildman–Crippen MR) is 48.4 cm³/mol. The van der Waals surface area contributed by atoms with Gasteiger partial charge in [-0.2, -0.15) is 8.42 Å². The molecule has 0 aliphatic carbocycles. The van der Waals surface area contributed by atoms with Crippen LogP contribution in [0.5, 0.6) is 0 Å². The Morgan fingerprint density at radius 2 is 1.81 bits per heavy atom. The molecule has 1 fully saturated rings. The molecule has 0 aromatic heterocycles. The Bertz CT molecular complexity index is 331. The molecule has 1 heterocycles. The molecule has 0 aromatic rings. The van der Waals surface area contributed by atoms with Gasteiger partial charge in [0.05, 0.1) is 12.6 Å². The first kappa shape index (κ1) is 13.7. The van der Waals surface area contributed by atoms with Crippen LogP contribution in [-0.4, -0.2) is 65.5 Å². The van der Waals surface area contributed by atoms with Crippen molar-refractivity contribution in [2.45, 2.75) is 30.6 Å². The number of aliphatic hydroxyl groups excluding tert-OH is 3. The van der Waals surface area contributed by atoms with Gasteiger partial charge < -0.3 is 25.8 Å². The van der Waals surface area contributed by atoms with Gasteiger partial charge in [0.25, 0.3) is 0 Å². The van der Waals surface area contributed by atoms with Crippen LogP contribution in [0.15, 0.2) is 0 Å². The number of aliphatic hydroxyl groups is 3. The van der Waals surface area contributed by atoms with E-state index >= 15 is 0 Å². The summed E-state index contributed by atoms with van der Waals surface area (Å²) in [6.07, 6.45) is -5.89. The monoisotopic (exact) mass is 259 g/mol. The number of ether oxygens (including phenoxy) is 1. The smallest absolute Gasteiger partial charge is 0.388 e. The number of hydrogen-bond acceptors (Lipinski definition) is 8. The van der Waals surface area contributed by atoms with Crippen LogP contribution >= 0.6 is 0 Å². The standard InChI is InChI=1S/C6H13NO8S/c7-3-5(9)4(8)2(15-6(3)10)1-14-16(11,12)13/h2-6,8-10H,1,7H2,(H,11,12,13)/t2-,3-,4+,5-,6-/m1/s1. The molecule has 0 spiro atoms. The Balaban J connectivity index is 2.61. The van der Waals surface area contributed by atoms with Gasteiger partial charge in [0.2, 0.25) is 0 Å². The largest absolute Gasteiger partial charge is 0.397 e. The van der Waals surface area contributed by atoms with E-state index in [9.17, 15) is 23.7 Å². The molecule has 1 saturated heterocycles. The fourth-order valence-electron chi connectivity index (χ4n) is 1.26. The first-order chi connectivity index (χ1) is 7.22. The molecule has 0 amide bonds. The molecular formula is C6H13NO8S. The van der Waals surface area contributed by atoms with Crippen LogP contribution in [0.4, 0.5) is 0 Å². The summed E-state index contributed by atoms with van der Waals surface area (Å²) in [5, 5.41) is 27.9. The average Bonchev–Trinajstić information content (AvgIpc) is 2.17. The topological polar surface area (TPSA) is 160 Å². The first-order valence-electron chi connectivity index (χ1n) is 4.29. The van der Waals surface area contributed by atoms with Crippen LogP contribution in [0, 0.1) is 0 Å². The van der Waals surface area contributed by atoms with Crippen LogP contribution < -0.4 is 5.73 Å². The number of rotatable bonds is 3. The van der Waals surface area contributed by atoms with Gasteiger partial charge >= 0.3 is 10.4 Å².